The predicted molar refractivity (Wildman–Crippen MR) is 104 cm³/mol. The number of carbonyl (C=O) groups excluding carboxylic acids is 3. The summed E-state index contributed by atoms with van der Waals surface area (Å²) in [5.41, 5.74) is 1.88. The van der Waals surface area contributed by atoms with E-state index in [0.717, 1.165) is 0 Å². The number of esters is 1. The first-order valence-electron chi connectivity index (χ1n) is 8.87. The van der Waals surface area contributed by atoms with Crippen molar-refractivity contribution in [1.29, 1.82) is 0 Å². The summed E-state index contributed by atoms with van der Waals surface area (Å²) in [6.07, 6.45) is 3.00. The second-order valence-corrected chi connectivity index (χ2v) is 6.36. The third kappa shape index (κ3) is 3.57. The summed E-state index contributed by atoms with van der Waals surface area (Å²) < 4.78 is 6.71. The highest BCUT2D eigenvalue weighted by molar-refractivity contribution is 6.10. The van der Waals surface area contributed by atoms with Crippen LogP contribution in [-0.4, -0.2) is 45.7 Å². The molecule has 1 aromatic carbocycles. The van der Waals surface area contributed by atoms with Crippen molar-refractivity contribution >= 4 is 29.2 Å². The predicted octanol–water partition coefficient (Wildman–Crippen LogP) is 1.72. The molecule has 3 aromatic rings. The zero-order valence-corrected chi connectivity index (χ0v) is 15.5. The molecule has 0 saturated carbocycles. The summed E-state index contributed by atoms with van der Waals surface area (Å²) in [5.74, 6) is -0.907. The number of nitrogens with zero attached hydrogens (tertiary/aromatic N) is 4. The van der Waals surface area contributed by atoms with Gasteiger partial charge in [-0.3, -0.25) is 14.5 Å². The Morgan fingerprint density at radius 2 is 1.97 bits per heavy atom. The Hall–Kier alpha value is -4.01. The summed E-state index contributed by atoms with van der Waals surface area (Å²) >= 11 is 0. The van der Waals surface area contributed by atoms with Gasteiger partial charge in [0.15, 0.2) is 12.4 Å². The molecule has 0 spiro atoms. The van der Waals surface area contributed by atoms with E-state index in [0.29, 0.717) is 22.9 Å². The zero-order valence-electron chi connectivity index (χ0n) is 15.5. The van der Waals surface area contributed by atoms with E-state index in [2.05, 4.69) is 15.4 Å². The number of benzene rings is 1. The maximum atomic E-state index is 12.6. The average Bonchev–Trinajstić information content (AvgIpc) is 3.13. The lowest BCUT2D eigenvalue weighted by Gasteiger charge is -2.28. The van der Waals surface area contributed by atoms with Crippen LogP contribution in [0.5, 0.6) is 0 Å². The molecule has 9 nitrogen and oxygen atoms in total. The molecule has 1 aliphatic heterocycles. The van der Waals surface area contributed by atoms with Gasteiger partial charge in [0.25, 0.3) is 5.91 Å². The molecule has 0 fully saturated rings. The smallest absolute Gasteiger partial charge is 0.342 e. The van der Waals surface area contributed by atoms with E-state index in [1.54, 1.807) is 49.5 Å². The third-order valence-corrected chi connectivity index (χ3v) is 4.49. The van der Waals surface area contributed by atoms with Gasteiger partial charge in [0.05, 0.1) is 23.3 Å². The molecule has 4 rings (SSSR count). The van der Waals surface area contributed by atoms with Crippen LogP contribution >= 0.6 is 0 Å². The Morgan fingerprint density at radius 3 is 2.76 bits per heavy atom. The standard InChI is InChI=1S/C20H17N5O4/c1-13-14(10-22-25(13)17-8-4-5-9-21-17)20(28)29-12-19(27)24-11-18(26)23-15-6-2-3-7-16(15)24/h2-10H,11-12H2,1H3,(H,23,26). The number of pyridine rings is 1. The van der Waals surface area contributed by atoms with Crippen molar-refractivity contribution in [3.8, 4) is 5.82 Å². The Bertz CT molecular complexity index is 1090. The van der Waals surface area contributed by atoms with Crippen LogP contribution in [0.3, 0.4) is 0 Å². The van der Waals surface area contributed by atoms with E-state index >= 15 is 0 Å². The lowest BCUT2D eigenvalue weighted by Crippen LogP contribution is -2.44. The fourth-order valence-corrected chi connectivity index (χ4v) is 3.06. The molecular formula is C20H17N5O4. The van der Waals surface area contributed by atoms with Crippen LogP contribution in [0.2, 0.25) is 0 Å². The van der Waals surface area contributed by atoms with Gasteiger partial charge in [-0.05, 0) is 31.2 Å². The Morgan fingerprint density at radius 1 is 1.17 bits per heavy atom. The second kappa shape index (κ2) is 7.55. The van der Waals surface area contributed by atoms with Gasteiger partial charge in [0.2, 0.25) is 5.91 Å². The van der Waals surface area contributed by atoms with Crippen molar-refractivity contribution in [3.63, 3.8) is 0 Å². The van der Waals surface area contributed by atoms with Crippen LogP contribution in [0.25, 0.3) is 5.82 Å². The van der Waals surface area contributed by atoms with E-state index in [1.807, 2.05) is 6.07 Å². The van der Waals surface area contributed by atoms with Gasteiger partial charge in [-0.25, -0.2) is 14.5 Å². The molecule has 3 heterocycles. The van der Waals surface area contributed by atoms with Gasteiger partial charge >= 0.3 is 5.97 Å². The van der Waals surface area contributed by atoms with Crippen molar-refractivity contribution in [2.45, 2.75) is 6.92 Å². The van der Waals surface area contributed by atoms with Crippen LogP contribution in [-0.2, 0) is 14.3 Å². The van der Waals surface area contributed by atoms with Crippen molar-refractivity contribution < 1.29 is 19.1 Å². The van der Waals surface area contributed by atoms with Crippen molar-refractivity contribution in [2.75, 3.05) is 23.4 Å². The van der Waals surface area contributed by atoms with Gasteiger partial charge in [-0.1, -0.05) is 18.2 Å². The lowest BCUT2D eigenvalue weighted by atomic mass is 10.2. The third-order valence-electron chi connectivity index (χ3n) is 4.49. The second-order valence-electron chi connectivity index (χ2n) is 6.36. The van der Waals surface area contributed by atoms with Crippen molar-refractivity contribution in [1.82, 2.24) is 14.8 Å². The molecule has 0 radical (unpaired) electrons. The van der Waals surface area contributed by atoms with E-state index in [1.165, 1.54) is 15.8 Å². The number of rotatable bonds is 4. The maximum Gasteiger partial charge on any atom is 0.342 e. The lowest BCUT2D eigenvalue weighted by molar-refractivity contribution is -0.124. The number of hydrogen-bond acceptors (Lipinski definition) is 6. The molecular weight excluding hydrogens is 374 g/mol. The quantitative estimate of drug-likeness (QED) is 0.679. The average molecular weight is 391 g/mol. The van der Waals surface area contributed by atoms with Crippen LogP contribution in [0, 0.1) is 6.92 Å². The first kappa shape index (κ1) is 18.4. The number of anilines is 2. The van der Waals surface area contributed by atoms with Crippen LogP contribution < -0.4 is 10.2 Å². The number of para-hydroxylation sites is 2. The number of nitrogens with one attached hydrogen (secondary N) is 1. The van der Waals surface area contributed by atoms with E-state index < -0.39 is 18.5 Å². The summed E-state index contributed by atoms with van der Waals surface area (Å²) in [7, 11) is 0. The molecule has 0 bridgehead atoms. The molecule has 0 unspecified atom stereocenters. The number of hydrogen-bond donors (Lipinski definition) is 1. The Kier molecular flexibility index (Phi) is 4.78. The van der Waals surface area contributed by atoms with Gasteiger partial charge in [0.1, 0.15) is 12.1 Å². The highest BCUT2D eigenvalue weighted by atomic mass is 16.5. The van der Waals surface area contributed by atoms with Gasteiger partial charge in [0, 0.05) is 6.20 Å². The Balaban J connectivity index is 1.46. The zero-order chi connectivity index (χ0) is 20.4. The summed E-state index contributed by atoms with van der Waals surface area (Å²) in [6.45, 7) is 1.09. The maximum absolute atomic E-state index is 12.6. The largest absolute Gasteiger partial charge is 0.452 e. The highest BCUT2D eigenvalue weighted by Gasteiger charge is 2.27. The van der Waals surface area contributed by atoms with Gasteiger partial charge in [-0.15, -0.1) is 0 Å². The minimum absolute atomic E-state index is 0.135. The Labute approximate surface area is 165 Å². The first-order chi connectivity index (χ1) is 14.0. The molecule has 0 saturated heterocycles. The van der Waals surface area contributed by atoms with E-state index in [-0.39, 0.29) is 18.0 Å². The molecule has 2 aromatic heterocycles. The van der Waals surface area contributed by atoms with Crippen LogP contribution in [0.4, 0.5) is 11.4 Å². The molecule has 1 N–H and O–H groups in total. The van der Waals surface area contributed by atoms with Gasteiger partial charge < -0.3 is 10.1 Å². The molecule has 146 valence electrons. The fourth-order valence-electron chi connectivity index (χ4n) is 3.06. The van der Waals surface area contributed by atoms with Crippen molar-refractivity contribution in [2.24, 2.45) is 0 Å². The molecule has 1 aliphatic rings. The van der Waals surface area contributed by atoms with E-state index in [9.17, 15) is 14.4 Å². The summed E-state index contributed by atoms with van der Waals surface area (Å²) in [6, 6.07) is 12.3. The highest BCUT2D eigenvalue weighted by Crippen LogP contribution is 2.28. The minimum Gasteiger partial charge on any atom is -0.452 e. The normalized spacial score (nSPS) is 12.9. The first-order valence-corrected chi connectivity index (χ1v) is 8.87. The summed E-state index contributed by atoms with van der Waals surface area (Å²) in [4.78, 5) is 42.4. The SMILES string of the molecule is Cc1c(C(=O)OCC(=O)N2CC(=O)Nc3ccccc32)cnn1-c1ccccn1. The minimum atomic E-state index is -0.673. The molecule has 0 aliphatic carbocycles. The number of carbonyl (C=O) groups is 3. The fraction of sp³-hybridized carbons (Fsp3) is 0.150. The van der Waals surface area contributed by atoms with Crippen molar-refractivity contribution in [3.05, 3.63) is 66.1 Å². The topological polar surface area (TPSA) is 106 Å². The van der Waals surface area contributed by atoms with Crippen LogP contribution in [0.15, 0.2) is 54.9 Å². The van der Waals surface area contributed by atoms with E-state index in [4.69, 9.17) is 4.74 Å². The molecule has 9 heteroatoms. The number of ether oxygens (including phenoxy) is 1. The summed E-state index contributed by atoms with van der Waals surface area (Å²) in [5, 5.41) is 6.87. The number of amides is 2. The molecule has 29 heavy (non-hydrogen) atoms. The van der Waals surface area contributed by atoms with Crippen LogP contribution in [0.1, 0.15) is 16.1 Å². The number of fused-ring (bicyclic) bond motifs is 1. The molecule has 2 amide bonds. The van der Waals surface area contributed by atoms with Gasteiger partial charge in [-0.2, -0.15) is 5.10 Å². The monoisotopic (exact) mass is 391 g/mol. The number of aromatic nitrogens is 3. The molecule has 0 atom stereocenters.